The quantitative estimate of drug-likeness (QED) is 0.185. The fraction of sp³-hybridized carbons (Fsp3) is 0.722. The van der Waals surface area contributed by atoms with Gasteiger partial charge in [0.1, 0.15) is 6.54 Å². The molecule has 0 saturated carbocycles. The van der Waals surface area contributed by atoms with E-state index >= 15 is 0 Å². The molecule has 3 heteroatoms. The Balaban J connectivity index is -0.000000256. The largest absolute Gasteiger partial charge is 0.205 e. The Morgan fingerprint density at radius 2 is 0.821 bits per heavy atom. The second-order valence-electron chi connectivity index (χ2n) is 10.3. The molecule has 1 radical (unpaired) electrons. The van der Waals surface area contributed by atoms with Crippen LogP contribution in [0.2, 0.25) is 0 Å². The first-order valence-electron chi connectivity index (χ1n) is 12.9. The summed E-state index contributed by atoms with van der Waals surface area (Å²) in [4.78, 5) is 0. The molecule has 0 amide bonds. The van der Waals surface area contributed by atoms with Gasteiger partial charge in [-0.2, -0.15) is 0 Å². The van der Waals surface area contributed by atoms with Crippen molar-refractivity contribution in [2.24, 2.45) is 23.7 Å². The Labute approximate surface area is 275 Å². The molecule has 4 unspecified atom stereocenters. The van der Waals surface area contributed by atoms with Crippen molar-refractivity contribution in [2.45, 2.75) is 152 Å². The third-order valence-electron chi connectivity index (χ3n) is 7.22. The minimum absolute atomic E-state index is 0. The summed E-state index contributed by atoms with van der Waals surface area (Å²) >= 11 is 0. The first-order chi connectivity index (χ1) is 14.9. The van der Waals surface area contributed by atoms with Gasteiger partial charge in [0.15, 0.2) is 31.3 Å². The Bertz CT molecular complexity index is 727. The van der Waals surface area contributed by atoms with Gasteiger partial charge in [-0.1, -0.05) is 126 Å². The molecule has 0 saturated heterocycles. The summed E-state index contributed by atoms with van der Waals surface area (Å²) in [7, 11) is 0. The van der Waals surface area contributed by atoms with Crippen LogP contribution in [-0.4, -0.2) is 0 Å². The van der Waals surface area contributed by atoms with Crippen molar-refractivity contribution < 1.29 is 41.8 Å². The van der Waals surface area contributed by atoms with E-state index in [0.29, 0.717) is 0 Å². The minimum Gasteiger partial charge on any atom is -0.205 e. The van der Waals surface area contributed by atoms with Crippen LogP contribution in [0.5, 0.6) is 0 Å². The average Bonchev–Trinajstić information content (AvgIpc) is 2.80. The van der Waals surface area contributed by atoms with Gasteiger partial charge in [-0.05, 0) is 35.3 Å². The van der Waals surface area contributed by atoms with Crippen molar-refractivity contribution in [3.63, 3.8) is 0 Å². The molecule has 0 bridgehead atoms. The third kappa shape index (κ3) is 21.8. The molecule has 2 heterocycles. The number of nitrogens with zero attached hydrogens (tertiary/aromatic N) is 2. The van der Waals surface area contributed by atoms with Crippen LogP contribution in [0.15, 0.2) is 49.1 Å². The van der Waals surface area contributed by atoms with Gasteiger partial charge in [-0.15, -0.1) is 0 Å². The second-order valence-corrected chi connectivity index (χ2v) is 10.3. The summed E-state index contributed by atoms with van der Waals surface area (Å²) in [5.74, 6) is 3.25. The van der Waals surface area contributed by atoms with E-state index in [1.54, 1.807) is 0 Å². The molecule has 2 aromatic rings. The van der Waals surface area contributed by atoms with Gasteiger partial charge in [0, 0.05) is 69.3 Å². The summed E-state index contributed by atoms with van der Waals surface area (Å²) in [5.41, 5.74) is 2.61. The van der Waals surface area contributed by atoms with Gasteiger partial charge in [0.05, 0.1) is 0 Å². The van der Waals surface area contributed by atoms with Gasteiger partial charge >= 0.3 is 0 Å². The van der Waals surface area contributed by atoms with Crippen molar-refractivity contribution >= 4 is 0 Å². The molecule has 2 rings (SSSR count). The number of hydrogen-bond acceptors (Lipinski definition) is 0. The zero-order chi connectivity index (χ0) is 22.6. The number of pyridine rings is 2. The monoisotopic (exact) mass is 626 g/mol. The first kappa shape index (κ1) is 54.5. The Kier molecular flexibility index (Phi) is 42.4. The van der Waals surface area contributed by atoms with E-state index in [4.69, 9.17) is 0 Å². The standard InChI is InChI=1S/C29H48N2.7CH4.Y/c1-7-24(3)9-11-26(5)13-18-30-19-14-28(15-20-30)29-16-21-31(22-17-29)23-27(6)12-10-25(4)8-2;;;;;;;;/h14-17,19-22,24-27H,7-13,18,23H2,1-6H3;7*1H4;/q+2;;;;;;;;. The fourth-order valence-corrected chi connectivity index (χ4v) is 4.08. The van der Waals surface area contributed by atoms with Crippen molar-refractivity contribution in [3.8, 4) is 11.1 Å². The predicted molar refractivity (Wildman–Crippen MR) is 180 cm³/mol. The van der Waals surface area contributed by atoms with E-state index in [1.165, 1.54) is 56.1 Å². The van der Waals surface area contributed by atoms with E-state index in [1.807, 2.05) is 0 Å². The van der Waals surface area contributed by atoms with Gasteiger partial charge in [-0.3, -0.25) is 0 Å². The predicted octanol–water partition coefficient (Wildman–Crippen LogP) is 11.7. The van der Waals surface area contributed by atoms with Gasteiger partial charge in [0.2, 0.25) is 0 Å². The van der Waals surface area contributed by atoms with Crippen LogP contribution < -0.4 is 9.13 Å². The molecule has 0 fully saturated rings. The molecule has 0 aliphatic heterocycles. The summed E-state index contributed by atoms with van der Waals surface area (Å²) in [6.07, 6.45) is 18.2. The van der Waals surface area contributed by atoms with E-state index in [-0.39, 0.29) is 84.7 Å². The molecule has 2 nitrogen and oxygen atoms in total. The molecule has 4 atom stereocenters. The smallest absolute Gasteiger partial charge is 0.169 e. The van der Waals surface area contributed by atoms with Crippen LogP contribution in [0.1, 0.15) is 138 Å². The summed E-state index contributed by atoms with van der Waals surface area (Å²) in [6, 6.07) is 9.05. The molecule has 0 aromatic carbocycles. The zero-order valence-electron chi connectivity index (χ0n) is 21.8. The fourth-order valence-electron chi connectivity index (χ4n) is 4.08. The minimum atomic E-state index is 0. The molecule has 0 N–H and O–H groups in total. The van der Waals surface area contributed by atoms with Crippen LogP contribution >= 0.6 is 0 Å². The number of hydrogen-bond donors (Lipinski definition) is 0. The zero-order valence-corrected chi connectivity index (χ0v) is 24.6. The summed E-state index contributed by atoms with van der Waals surface area (Å²) in [5, 5.41) is 0. The van der Waals surface area contributed by atoms with Crippen LogP contribution in [0.3, 0.4) is 0 Å². The summed E-state index contributed by atoms with van der Waals surface area (Å²) < 4.78 is 4.68. The molecular weight excluding hydrogens is 549 g/mol. The van der Waals surface area contributed by atoms with E-state index in [2.05, 4.69) is 99.7 Å². The van der Waals surface area contributed by atoms with Gasteiger partial charge < -0.3 is 0 Å². The molecule has 0 spiro atoms. The van der Waals surface area contributed by atoms with Gasteiger partial charge in [-0.25, -0.2) is 9.13 Å². The molecule has 231 valence electrons. The van der Waals surface area contributed by atoms with Gasteiger partial charge in [0.25, 0.3) is 0 Å². The Hall–Kier alpha value is -0.596. The summed E-state index contributed by atoms with van der Waals surface area (Å²) in [6.45, 7) is 16.4. The van der Waals surface area contributed by atoms with Crippen molar-refractivity contribution in [1.82, 2.24) is 0 Å². The first-order valence-corrected chi connectivity index (χ1v) is 12.9. The third-order valence-corrected chi connectivity index (χ3v) is 7.22. The Morgan fingerprint density at radius 1 is 0.487 bits per heavy atom. The van der Waals surface area contributed by atoms with E-state index < -0.39 is 0 Å². The van der Waals surface area contributed by atoms with Crippen molar-refractivity contribution in [3.05, 3.63) is 49.1 Å². The maximum Gasteiger partial charge on any atom is 0.169 e. The molecule has 39 heavy (non-hydrogen) atoms. The SMILES string of the molecule is C.C.C.C.C.C.C.CCC(C)CCC(C)CC[n+]1ccc(-c2cc[n+](CC(C)CCC(C)CC)cc2)cc1.[Y]. The van der Waals surface area contributed by atoms with Crippen LogP contribution in [0.4, 0.5) is 0 Å². The van der Waals surface area contributed by atoms with Crippen LogP contribution in [0, 0.1) is 23.7 Å². The van der Waals surface area contributed by atoms with E-state index in [0.717, 1.165) is 36.8 Å². The normalized spacial score (nSPS) is 12.3. The second kappa shape index (κ2) is 30.4. The number of aryl methyl sites for hydroxylation is 1. The maximum absolute atomic E-state index is 2.40. The number of aromatic nitrogens is 2. The molecule has 2 aromatic heterocycles. The molecule has 0 aliphatic carbocycles. The van der Waals surface area contributed by atoms with E-state index in [9.17, 15) is 0 Å². The number of rotatable bonds is 14. The topological polar surface area (TPSA) is 7.76 Å². The maximum atomic E-state index is 2.40. The van der Waals surface area contributed by atoms with Crippen molar-refractivity contribution in [2.75, 3.05) is 0 Å². The van der Waals surface area contributed by atoms with Crippen molar-refractivity contribution in [1.29, 1.82) is 0 Å². The molecule has 0 aliphatic rings. The average molecular weight is 626 g/mol. The van der Waals surface area contributed by atoms with Crippen LogP contribution in [-0.2, 0) is 45.8 Å². The molecular formula is C36H76N2Y+2. The Morgan fingerprint density at radius 3 is 1.21 bits per heavy atom. The van der Waals surface area contributed by atoms with Crippen LogP contribution in [0.25, 0.3) is 11.1 Å².